The molecule has 1 aromatic rings. The maximum atomic E-state index is 13.8. The number of rotatable bonds is 2. The maximum Gasteiger partial charge on any atom is 0.168 e. The average Bonchev–Trinajstić information content (AvgIpc) is 3.11. The van der Waals surface area contributed by atoms with Gasteiger partial charge in [0.1, 0.15) is 5.82 Å². The second-order valence-corrected chi connectivity index (χ2v) is 4.90. The predicted molar refractivity (Wildman–Crippen MR) is 63.0 cm³/mol. The Balaban J connectivity index is 1.83. The standard InChI is InChI=1S/C13H15F2NO2/c1-17-12-7-11(9(14)6-10(12)15)16-4-2-13(3-5-16)8-18-13/h6-7H,2-5,8H2,1H3. The number of benzene rings is 1. The van der Waals surface area contributed by atoms with Crippen LogP contribution in [0.25, 0.3) is 0 Å². The lowest BCUT2D eigenvalue weighted by molar-refractivity contribution is 0.258. The van der Waals surface area contributed by atoms with Gasteiger partial charge in [-0.15, -0.1) is 0 Å². The smallest absolute Gasteiger partial charge is 0.168 e. The Labute approximate surface area is 104 Å². The predicted octanol–water partition coefficient (Wildman–Crippen LogP) is 2.34. The summed E-state index contributed by atoms with van der Waals surface area (Å²) in [6, 6.07) is 2.31. The van der Waals surface area contributed by atoms with Gasteiger partial charge >= 0.3 is 0 Å². The molecular formula is C13H15F2NO2. The molecule has 1 aromatic carbocycles. The van der Waals surface area contributed by atoms with Gasteiger partial charge in [0, 0.05) is 25.2 Å². The van der Waals surface area contributed by atoms with Crippen molar-refractivity contribution in [2.45, 2.75) is 18.4 Å². The largest absolute Gasteiger partial charge is 0.494 e. The lowest BCUT2D eigenvalue weighted by Crippen LogP contribution is -2.38. The molecule has 18 heavy (non-hydrogen) atoms. The van der Waals surface area contributed by atoms with Crippen LogP contribution in [-0.4, -0.2) is 32.4 Å². The van der Waals surface area contributed by atoms with Gasteiger partial charge in [-0.05, 0) is 12.8 Å². The number of ether oxygens (including phenoxy) is 2. The summed E-state index contributed by atoms with van der Waals surface area (Å²) in [6.45, 7) is 2.27. The lowest BCUT2D eigenvalue weighted by atomic mass is 9.97. The summed E-state index contributed by atoms with van der Waals surface area (Å²) < 4.78 is 37.4. The normalized spacial score (nSPS) is 21.2. The molecule has 98 valence electrons. The molecule has 0 aliphatic carbocycles. The molecule has 0 saturated carbocycles. The topological polar surface area (TPSA) is 25.0 Å². The van der Waals surface area contributed by atoms with E-state index in [1.54, 1.807) is 0 Å². The van der Waals surface area contributed by atoms with Gasteiger partial charge in [0.25, 0.3) is 0 Å². The quantitative estimate of drug-likeness (QED) is 0.758. The number of epoxide rings is 1. The van der Waals surface area contributed by atoms with E-state index in [1.165, 1.54) is 13.2 Å². The highest BCUT2D eigenvalue weighted by Crippen LogP contribution is 2.40. The first-order valence-corrected chi connectivity index (χ1v) is 6.05. The van der Waals surface area contributed by atoms with Crippen LogP contribution < -0.4 is 9.64 Å². The number of piperidine rings is 1. The lowest BCUT2D eigenvalue weighted by Gasteiger charge is -2.32. The Morgan fingerprint density at radius 1 is 1.22 bits per heavy atom. The molecule has 2 aliphatic rings. The first-order valence-electron chi connectivity index (χ1n) is 6.05. The van der Waals surface area contributed by atoms with Gasteiger partial charge < -0.3 is 14.4 Å². The molecule has 2 saturated heterocycles. The second-order valence-electron chi connectivity index (χ2n) is 4.90. The fraction of sp³-hybridized carbons (Fsp3) is 0.538. The molecule has 2 aliphatic heterocycles. The molecule has 5 heteroatoms. The number of hydrogen-bond donors (Lipinski definition) is 0. The van der Waals surface area contributed by atoms with Crippen LogP contribution in [0.5, 0.6) is 5.75 Å². The fourth-order valence-electron chi connectivity index (χ4n) is 2.46. The summed E-state index contributed by atoms with van der Waals surface area (Å²) in [6.07, 6.45) is 1.79. The average molecular weight is 255 g/mol. The van der Waals surface area contributed by atoms with Crippen LogP contribution >= 0.6 is 0 Å². The van der Waals surface area contributed by atoms with E-state index >= 15 is 0 Å². The van der Waals surface area contributed by atoms with Crippen molar-refractivity contribution in [3.05, 3.63) is 23.8 Å². The first kappa shape index (κ1) is 11.7. The molecule has 0 aromatic heterocycles. The number of hydrogen-bond acceptors (Lipinski definition) is 3. The van der Waals surface area contributed by atoms with Gasteiger partial charge in [0.15, 0.2) is 11.6 Å². The molecule has 1 spiro atoms. The molecule has 0 N–H and O–H groups in total. The van der Waals surface area contributed by atoms with Crippen LogP contribution in [0.3, 0.4) is 0 Å². The summed E-state index contributed by atoms with van der Waals surface area (Å²) in [5.74, 6) is -1.13. The van der Waals surface area contributed by atoms with E-state index in [4.69, 9.17) is 9.47 Å². The number of nitrogens with zero attached hydrogens (tertiary/aromatic N) is 1. The van der Waals surface area contributed by atoms with Gasteiger partial charge in [-0.3, -0.25) is 0 Å². The van der Waals surface area contributed by atoms with Gasteiger partial charge in [-0.2, -0.15) is 0 Å². The minimum Gasteiger partial charge on any atom is -0.494 e. The van der Waals surface area contributed by atoms with Gasteiger partial charge in [-0.1, -0.05) is 0 Å². The van der Waals surface area contributed by atoms with Crippen molar-refractivity contribution in [3.8, 4) is 5.75 Å². The third-order valence-corrected chi connectivity index (χ3v) is 3.79. The Kier molecular flexibility index (Phi) is 2.66. The molecule has 0 amide bonds. The third-order valence-electron chi connectivity index (χ3n) is 3.79. The zero-order chi connectivity index (χ0) is 12.8. The van der Waals surface area contributed by atoms with Crippen molar-refractivity contribution in [1.29, 1.82) is 0 Å². The van der Waals surface area contributed by atoms with Crippen molar-refractivity contribution < 1.29 is 18.3 Å². The highest BCUT2D eigenvalue weighted by Gasteiger charge is 2.46. The number of methoxy groups -OCH3 is 1. The van der Waals surface area contributed by atoms with E-state index < -0.39 is 11.6 Å². The molecule has 2 fully saturated rings. The summed E-state index contributed by atoms with van der Waals surface area (Å²) in [4.78, 5) is 1.92. The molecule has 2 heterocycles. The minimum atomic E-state index is -0.669. The van der Waals surface area contributed by atoms with E-state index in [0.29, 0.717) is 5.69 Å². The van der Waals surface area contributed by atoms with Crippen LogP contribution in [0.4, 0.5) is 14.5 Å². The molecule has 3 nitrogen and oxygen atoms in total. The van der Waals surface area contributed by atoms with Crippen molar-refractivity contribution in [2.24, 2.45) is 0 Å². The number of anilines is 1. The molecule has 0 atom stereocenters. The van der Waals surface area contributed by atoms with Crippen LogP contribution in [-0.2, 0) is 4.74 Å². The van der Waals surface area contributed by atoms with E-state index in [2.05, 4.69) is 0 Å². The molecule has 3 rings (SSSR count). The van der Waals surface area contributed by atoms with Gasteiger partial charge in [0.2, 0.25) is 0 Å². The summed E-state index contributed by atoms with van der Waals surface area (Å²) >= 11 is 0. The fourth-order valence-corrected chi connectivity index (χ4v) is 2.46. The molecular weight excluding hydrogens is 240 g/mol. The zero-order valence-corrected chi connectivity index (χ0v) is 10.2. The van der Waals surface area contributed by atoms with Gasteiger partial charge in [0.05, 0.1) is 25.0 Å². The zero-order valence-electron chi connectivity index (χ0n) is 10.2. The van der Waals surface area contributed by atoms with Gasteiger partial charge in [-0.25, -0.2) is 8.78 Å². The summed E-state index contributed by atoms with van der Waals surface area (Å²) in [5, 5.41) is 0. The Morgan fingerprint density at radius 2 is 1.89 bits per heavy atom. The van der Waals surface area contributed by atoms with Crippen LogP contribution in [0.1, 0.15) is 12.8 Å². The SMILES string of the molecule is COc1cc(N2CCC3(CC2)CO3)c(F)cc1F. The van der Waals surface area contributed by atoms with Crippen LogP contribution in [0.2, 0.25) is 0 Å². The summed E-state index contributed by atoms with van der Waals surface area (Å²) in [5.41, 5.74) is 0.459. The van der Waals surface area contributed by atoms with E-state index in [1.807, 2.05) is 4.90 Å². The second kappa shape index (κ2) is 4.09. The third kappa shape index (κ3) is 1.92. The number of halogens is 2. The van der Waals surface area contributed by atoms with Crippen molar-refractivity contribution in [3.63, 3.8) is 0 Å². The van der Waals surface area contributed by atoms with E-state index in [0.717, 1.165) is 38.6 Å². The molecule has 0 bridgehead atoms. The Hall–Kier alpha value is -1.36. The first-order chi connectivity index (χ1) is 8.63. The van der Waals surface area contributed by atoms with Crippen molar-refractivity contribution in [2.75, 3.05) is 31.7 Å². The monoisotopic (exact) mass is 255 g/mol. The molecule has 0 unspecified atom stereocenters. The minimum absolute atomic E-state index is 0.0527. The van der Waals surface area contributed by atoms with Crippen LogP contribution in [0.15, 0.2) is 12.1 Å². The highest BCUT2D eigenvalue weighted by molar-refractivity contribution is 5.53. The molecule has 0 radical (unpaired) electrons. The van der Waals surface area contributed by atoms with E-state index in [9.17, 15) is 8.78 Å². The Morgan fingerprint density at radius 3 is 2.44 bits per heavy atom. The van der Waals surface area contributed by atoms with E-state index in [-0.39, 0.29) is 11.4 Å². The highest BCUT2D eigenvalue weighted by atomic mass is 19.1. The van der Waals surface area contributed by atoms with Crippen molar-refractivity contribution in [1.82, 2.24) is 0 Å². The summed E-state index contributed by atoms with van der Waals surface area (Å²) in [7, 11) is 1.38. The maximum absolute atomic E-state index is 13.8. The van der Waals surface area contributed by atoms with Crippen molar-refractivity contribution >= 4 is 5.69 Å². The Bertz CT molecular complexity index is 464. The van der Waals surface area contributed by atoms with Crippen LogP contribution in [0, 0.1) is 11.6 Å².